The van der Waals surface area contributed by atoms with E-state index in [0.29, 0.717) is 0 Å². The van der Waals surface area contributed by atoms with Crippen LogP contribution < -0.4 is 16.6 Å². The molecule has 1 amide bonds. The summed E-state index contributed by atoms with van der Waals surface area (Å²) in [4.78, 5) is 41.6. The Morgan fingerprint density at radius 3 is 2.55 bits per heavy atom. The zero-order chi connectivity index (χ0) is 23.4. The van der Waals surface area contributed by atoms with Crippen molar-refractivity contribution in [2.45, 2.75) is 57.4 Å². The van der Waals surface area contributed by atoms with Crippen LogP contribution in [-0.2, 0) is 18.3 Å². The van der Waals surface area contributed by atoms with E-state index < -0.39 is 17.1 Å². The number of aryl methyl sites for hydroxylation is 1. The Bertz CT molecular complexity index is 1240. The smallest absolute Gasteiger partial charge is 0.351 e. The maximum atomic E-state index is 13.2. The summed E-state index contributed by atoms with van der Waals surface area (Å²) in [6, 6.07) is 5.30. The number of hydrogen-bond donors (Lipinski definition) is 1. The molecule has 0 aliphatic heterocycles. The maximum absolute atomic E-state index is 13.2. The quantitative estimate of drug-likeness (QED) is 0.562. The predicted molar refractivity (Wildman–Crippen MR) is 116 cm³/mol. The average Bonchev–Trinajstić information content (AvgIpc) is 3.13. The van der Waals surface area contributed by atoms with Gasteiger partial charge in [0, 0.05) is 25.9 Å². The van der Waals surface area contributed by atoms with Crippen LogP contribution in [0.1, 0.15) is 50.8 Å². The minimum Gasteiger partial charge on any atom is -0.353 e. The van der Waals surface area contributed by atoms with Crippen molar-refractivity contribution in [1.82, 2.24) is 29.8 Å². The molecule has 11 heteroatoms. The van der Waals surface area contributed by atoms with Gasteiger partial charge in [0.25, 0.3) is 5.56 Å². The third kappa shape index (κ3) is 5.24. The molecule has 0 atom stereocenters. The lowest BCUT2D eigenvalue weighted by atomic mass is 10.1. The number of nitrogens with one attached hydrogen (secondary N) is 1. The van der Waals surface area contributed by atoms with Crippen molar-refractivity contribution >= 4 is 5.91 Å². The van der Waals surface area contributed by atoms with Gasteiger partial charge in [-0.3, -0.25) is 14.2 Å². The Hall–Kier alpha value is -3.63. The lowest BCUT2D eigenvalue weighted by Gasteiger charge is -2.15. The molecule has 2 heterocycles. The van der Waals surface area contributed by atoms with E-state index in [1.165, 1.54) is 44.2 Å². The Balaban J connectivity index is 1.49. The van der Waals surface area contributed by atoms with Gasteiger partial charge in [-0.1, -0.05) is 30.8 Å². The van der Waals surface area contributed by atoms with E-state index >= 15 is 0 Å². The van der Waals surface area contributed by atoms with E-state index in [2.05, 4.69) is 20.6 Å². The molecule has 0 saturated heterocycles. The van der Waals surface area contributed by atoms with Crippen LogP contribution in [0.4, 0.5) is 4.39 Å². The highest BCUT2D eigenvalue weighted by Crippen LogP contribution is 2.17. The number of hydrogen-bond acceptors (Lipinski definition) is 7. The van der Waals surface area contributed by atoms with Crippen LogP contribution >= 0.6 is 0 Å². The van der Waals surface area contributed by atoms with Gasteiger partial charge in [-0.15, -0.1) is 0 Å². The van der Waals surface area contributed by atoms with Gasteiger partial charge < -0.3 is 9.84 Å². The largest absolute Gasteiger partial charge is 0.353 e. The molecule has 4 rings (SSSR count). The van der Waals surface area contributed by atoms with Crippen LogP contribution in [0.3, 0.4) is 0 Å². The number of nitrogens with zero attached hydrogens (tertiary/aromatic N) is 5. The van der Waals surface area contributed by atoms with E-state index in [4.69, 9.17) is 4.52 Å². The summed E-state index contributed by atoms with van der Waals surface area (Å²) in [5.41, 5.74) is -1.32. The number of aromatic nitrogens is 5. The molecule has 1 fully saturated rings. The number of benzene rings is 1. The highest BCUT2D eigenvalue weighted by atomic mass is 19.1. The van der Waals surface area contributed by atoms with Crippen LogP contribution in [-0.4, -0.2) is 36.4 Å². The van der Waals surface area contributed by atoms with Crippen molar-refractivity contribution in [2.75, 3.05) is 0 Å². The molecule has 1 aromatic carbocycles. The summed E-state index contributed by atoms with van der Waals surface area (Å²) in [7, 11) is 1.30. The summed E-state index contributed by atoms with van der Waals surface area (Å²) in [6.07, 6.45) is 7.05. The number of carbonyl (C=O) groups is 1. The number of carbonyl (C=O) groups excluding carboxylic acids is 1. The predicted octanol–water partition coefficient (Wildman–Crippen LogP) is 1.89. The Morgan fingerprint density at radius 1 is 1.15 bits per heavy atom. The molecule has 1 aliphatic carbocycles. The molecule has 1 saturated carbocycles. The van der Waals surface area contributed by atoms with Crippen LogP contribution in [0.25, 0.3) is 17.2 Å². The second-order valence-electron chi connectivity index (χ2n) is 8.15. The van der Waals surface area contributed by atoms with Crippen molar-refractivity contribution in [3.05, 3.63) is 56.8 Å². The van der Waals surface area contributed by atoms with Gasteiger partial charge in [0.15, 0.2) is 5.69 Å². The first-order chi connectivity index (χ1) is 15.9. The topological polar surface area (TPSA) is 125 Å². The molecule has 1 N–H and O–H groups in total. The fraction of sp³-hybridized carbons (Fsp3) is 0.455. The summed E-state index contributed by atoms with van der Waals surface area (Å²) >= 11 is 0. The zero-order valence-electron chi connectivity index (χ0n) is 18.3. The molecule has 3 aromatic rings. The van der Waals surface area contributed by atoms with Gasteiger partial charge in [0.1, 0.15) is 5.82 Å². The number of amides is 1. The van der Waals surface area contributed by atoms with Crippen LogP contribution in [0.2, 0.25) is 0 Å². The second-order valence-corrected chi connectivity index (χ2v) is 8.15. The van der Waals surface area contributed by atoms with Gasteiger partial charge >= 0.3 is 5.69 Å². The fourth-order valence-electron chi connectivity index (χ4n) is 3.86. The van der Waals surface area contributed by atoms with Gasteiger partial charge in [0.2, 0.25) is 17.6 Å². The fourth-order valence-corrected chi connectivity index (χ4v) is 3.86. The molecule has 0 bridgehead atoms. The third-order valence-corrected chi connectivity index (χ3v) is 5.71. The van der Waals surface area contributed by atoms with Crippen molar-refractivity contribution in [1.29, 1.82) is 0 Å². The first kappa shape index (κ1) is 22.6. The van der Waals surface area contributed by atoms with Crippen molar-refractivity contribution in [3.63, 3.8) is 0 Å². The minimum atomic E-state index is -0.700. The van der Waals surface area contributed by atoms with Gasteiger partial charge in [-0.25, -0.2) is 9.18 Å². The Morgan fingerprint density at radius 2 is 1.85 bits per heavy atom. The minimum absolute atomic E-state index is 0.0828. The highest BCUT2D eigenvalue weighted by molar-refractivity contribution is 5.76. The van der Waals surface area contributed by atoms with Crippen molar-refractivity contribution < 1.29 is 13.7 Å². The van der Waals surface area contributed by atoms with Crippen LogP contribution in [0.5, 0.6) is 0 Å². The first-order valence-corrected chi connectivity index (χ1v) is 11.0. The van der Waals surface area contributed by atoms with Crippen LogP contribution in [0, 0.1) is 5.82 Å². The summed E-state index contributed by atoms with van der Waals surface area (Å²) in [5, 5.41) is 10.9. The second kappa shape index (κ2) is 9.88. The summed E-state index contributed by atoms with van der Waals surface area (Å²) in [6.45, 7) is 0. The van der Waals surface area contributed by atoms with Crippen molar-refractivity contribution in [3.8, 4) is 17.2 Å². The molecule has 2 aromatic heterocycles. The molecule has 33 heavy (non-hydrogen) atoms. The number of rotatable bonds is 6. The van der Waals surface area contributed by atoms with Gasteiger partial charge in [0.05, 0.1) is 5.69 Å². The Kier molecular flexibility index (Phi) is 6.76. The lowest BCUT2D eigenvalue weighted by molar-refractivity contribution is -0.121. The number of halogens is 1. The van der Waals surface area contributed by atoms with E-state index in [-0.39, 0.29) is 47.9 Å². The Labute approximate surface area is 188 Å². The summed E-state index contributed by atoms with van der Waals surface area (Å²) < 4.78 is 20.3. The SMILES string of the molecule is Cn1c(=O)c(-c2noc(CCC(=O)NC3CCCCCC3)n2)nn(-c2ccc(F)cc2)c1=O. The molecule has 10 nitrogen and oxygen atoms in total. The molecule has 1 aliphatic rings. The molecule has 0 unspecified atom stereocenters. The third-order valence-electron chi connectivity index (χ3n) is 5.71. The lowest BCUT2D eigenvalue weighted by Crippen LogP contribution is -2.40. The monoisotopic (exact) mass is 456 g/mol. The van der Waals surface area contributed by atoms with Crippen LogP contribution in [0.15, 0.2) is 38.4 Å². The molecular weight excluding hydrogens is 431 g/mol. The normalized spacial score (nSPS) is 14.7. The van der Waals surface area contributed by atoms with E-state index in [1.54, 1.807) is 0 Å². The van der Waals surface area contributed by atoms with Gasteiger partial charge in [-0.2, -0.15) is 14.8 Å². The highest BCUT2D eigenvalue weighted by Gasteiger charge is 2.20. The maximum Gasteiger partial charge on any atom is 0.351 e. The van der Waals surface area contributed by atoms with E-state index in [1.807, 2.05) is 0 Å². The zero-order valence-corrected chi connectivity index (χ0v) is 18.3. The standard InChI is InChI=1S/C22H25FN6O4/c1-28-21(31)19(26-29(22(28)32)16-10-8-14(23)9-11-16)20-25-18(33-27-20)13-12-17(30)24-15-6-4-2-3-5-7-15/h8-11,15H,2-7,12-13H2,1H3,(H,24,30). The first-order valence-electron chi connectivity index (χ1n) is 11.0. The summed E-state index contributed by atoms with van der Waals surface area (Å²) in [5.74, 6) is -0.460. The van der Waals surface area contributed by atoms with Gasteiger partial charge in [-0.05, 0) is 37.1 Å². The van der Waals surface area contributed by atoms with Crippen molar-refractivity contribution in [2.24, 2.45) is 7.05 Å². The molecular formula is C22H25FN6O4. The molecule has 0 spiro atoms. The molecule has 174 valence electrons. The molecule has 0 radical (unpaired) electrons. The van der Waals surface area contributed by atoms with E-state index in [9.17, 15) is 18.8 Å². The van der Waals surface area contributed by atoms with E-state index in [0.717, 1.165) is 34.9 Å². The average molecular weight is 456 g/mol.